The Kier molecular flexibility index (Phi) is 6.87. The van der Waals surface area contributed by atoms with Crippen LogP contribution in [0.1, 0.15) is 26.1 Å². The molecule has 9 heteroatoms. The lowest BCUT2D eigenvalue weighted by Crippen LogP contribution is -2.41. The number of ether oxygens (including phenoxy) is 2. The number of nitrogens with zero attached hydrogens (tertiary/aromatic N) is 4. The zero-order valence-electron chi connectivity index (χ0n) is 19.3. The lowest BCUT2D eigenvalue weighted by molar-refractivity contribution is -0.119. The molecule has 2 unspecified atom stereocenters. The summed E-state index contributed by atoms with van der Waals surface area (Å²) in [6.45, 7) is 3.18. The van der Waals surface area contributed by atoms with Gasteiger partial charge in [-0.05, 0) is 31.1 Å². The highest BCUT2D eigenvalue weighted by atomic mass is 16.5. The number of terminal acetylenes is 1. The van der Waals surface area contributed by atoms with Gasteiger partial charge in [-0.15, -0.1) is 6.42 Å². The number of aryl methyl sites for hydroxylation is 1. The molecule has 33 heavy (non-hydrogen) atoms. The van der Waals surface area contributed by atoms with Crippen LogP contribution in [0.25, 0.3) is 11.2 Å². The summed E-state index contributed by atoms with van der Waals surface area (Å²) in [5, 5.41) is 0. The fourth-order valence-corrected chi connectivity index (χ4v) is 3.57. The maximum Gasteiger partial charge on any atom is 0.334 e. The normalized spacial score (nSPS) is 19.6. The van der Waals surface area contributed by atoms with Crippen LogP contribution in [0.15, 0.2) is 33.4 Å². The molecule has 0 saturated heterocycles. The van der Waals surface area contributed by atoms with Crippen LogP contribution in [0.5, 0.6) is 0 Å². The van der Waals surface area contributed by atoms with E-state index in [-0.39, 0.29) is 48.4 Å². The van der Waals surface area contributed by atoms with Crippen LogP contribution in [0.3, 0.4) is 0 Å². The summed E-state index contributed by atoms with van der Waals surface area (Å²) >= 11 is 0. The molecule has 0 spiro atoms. The highest BCUT2D eigenvalue weighted by Crippen LogP contribution is 2.26. The summed E-state index contributed by atoms with van der Waals surface area (Å²) < 4.78 is 14.6. The third kappa shape index (κ3) is 4.34. The lowest BCUT2D eigenvalue weighted by atomic mass is 9.91. The fraction of sp³-hybridized carbons (Fsp3) is 0.417. The Bertz CT molecular complexity index is 1390. The maximum absolute atomic E-state index is 13.0. The van der Waals surface area contributed by atoms with Crippen LogP contribution < -0.4 is 11.2 Å². The molecule has 2 aromatic heterocycles. The molecule has 0 amide bonds. The second kappa shape index (κ2) is 9.45. The molecule has 2 atom stereocenters. The van der Waals surface area contributed by atoms with Crippen LogP contribution >= 0.6 is 0 Å². The number of ketones is 1. The average Bonchev–Trinajstić information content (AvgIpc) is 3.14. The van der Waals surface area contributed by atoms with E-state index < -0.39 is 16.9 Å². The average molecular weight is 450 g/mol. The lowest BCUT2D eigenvalue weighted by Gasteiger charge is -2.33. The predicted octanol–water partition coefficient (Wildman–Crippen LogP) is 0.777. The van der Waals surface area contributed by atoms with Gasteiger partial charge >= 0.3 is 5.69 Å². The van der Waals surface area contributed by atoms with E-state index in [0.29, 0.717) is 5.57 Å². The Labute approximate surface area is 191 Å². The van der Waals surface area contributed by atoms with Gasteiger partial charge in [0.25, 0.3) is 5.56 Å². The van der Waals surface area contributed by atoms with Crippen LogP contribution in [-0.2, 0) is 34.4 Å². The second-order valence-corrected chi connectivity index (χ2v) is 7.77. The Morgan fingerprint density at radius 3 is 2.61 bits per heavy atom. The largest absolute Gasteiger partial charge is 0.374 e. The molecule has 0 fully saturated rings. The molecule has 0 N–H and O–H groups in total. The Morgan fingerprint density at radius 1 is 1.27 bits per heavy atom. The number of aromatic nitrogens is 4. The van der Waals surface area contributed by atoms with Gasteiger partial charge in [0.1, 0.15) is 11.7 Å². The molecule has 1 aliphatic carbocycles. The molecule has 0 radical (unpaired) electrons. The molecule has 0 bridgehead atoms. The summed E-state index contributed by atoms with van der Waals surface area (Å²) in [6.07, 6.45) is 10.8. The van der Waals surface area contributed by atoms with E-state index in [1.54, 1.807) is 28.2 Å². The molecular weight excluding hydrogens is 424 g/mol. The van der Waals surface area contributed by atoms with Crippen molar-refractivity contribution in [3.63, 3.8) is 0 Å². The molecule has 0 aromatic carbocycles. The molecule has 3 rings (SSSR count). The molecule has 2 aromatic rings. The van der Waals surface area contributed by atoms with E-state index in [1.807, 2.05) is 25.2 Å². The zero-order chi connectivity index (χ0) is 24.3. The first kappa shape index (κ1) is 24.0. The van der Waals surface area contributed by atoms with Crippen molar-refractivity contribution < 1.29 is 14.3 Å². The van der Waals surface area contributed by atoms with Crippen molar-refractivity contribution in [3.8, 4) is 24.2 Å². The highest BCUT2D eigenvalue weighted by molar-refractivity contribution is 5.80. The Hall–Kier alpha value is -3.66. The number of allylic oxidation sites excluding steroid dienone is 2. The molecule has 2 heterocycles. The van der Waals surface area contributed by atoms with Crippen LogP contribution in [0.4, 0.5) is 0 Å². The van der Waals surface area contributed by atoms with Gasteiger partial charge in [-0.2, -0.15) is 0 Å². The van der Waals surface area contributed by atoms with Crippen LogP contribution in [-0.4, -0.2) is 50.4 Å². The van der Waals surface area contributed by atoms with Crippen LogP contribution in [0.2, 0.25) is 0 Å². The SMILES string of the molecule is C#CCn1c(=O)c2c(nc(C#CC3=CC(OC)C(C)(OC)C=C3)n2C)n(CC(=O)CC)c1=O. The van der Waals surface area contributed by atoms with Crippen molar-refractivity contribution in [2.45, 2.75) is 45.1 Å². The van der Waals surface area contributed by atoms with Gasteiger partial charge in [-0.1, -0.05) is 18.8 Å². The summed E-state index contributed by atoms with van der Waals surface area (Å²) in [4.78, 5) is 42.4. The summed E-state index contributed by atoms with van der Waals surface area (Å²) in [7, 11) is 4.82. The number of Topliss-reactive ketones (excluding diaryl/α,β-unsaturated/α-hetero) is 1. The van der Waals surface area contributed by atoms with E-state index >= 15 is 0 Å². The minimum atomic E-state index is -0.676. The molecule has 1 aliphatic rings. The third-order valence-electron chi connectivity index (χ3n) is 5.72. The summed E-state index contributed by atoms with van der Waals surface area (Å²) in [6, 6.07) is 0. The van der Waals surface area contributed by atoms with E-state index in [1.165, 1.54) is 9.13 Å². The van der Waals surface area contributed by atoms with E-state index in [9.17, 15) is 14.4 Å². The minimum absolute atomic E-state index is 0.0989. The van der Waals surface area contributed by atoms with Crippen molar-refractivity contribution in [3.05, 3.63) is 50.5 Å². The van der Waals surface area contributed by atoms with Crippen molar-refractivity contribution in [2.24, 2.45) is 7.05 Å². The third-order valence-corrected chi connectivity index (χ3v) is 5.72. The van der Waals surface area contributed by atoms with Gasteiger partial charge in [0.2, 0.25) is 0 Å². The van der Waals surface area contributed by atoms with Gasteiger partial charge < -0.3 is 14.0 Å². The molecule has 9 nitrogen and oxygen atoms in total. The first-order valence-electron chi connectivity index (χ1n) is 10.4. The van der Waals surface area contributed by atoms with Gasteiger partial charge in [0, 0.05) is 33.3 Å². The number of rotatable bonds is 6. The second-order valence-electron chi connectivity index (χ2n) is 7.77. The van der Waals surface area contributed by atoms with Crippen LogP contribution in [0, 0.1) is 24.2 Å². The van der Waals surface area contributed by atoms with Crippen molar-refractivity contribution in [1.29, 1.82) is 0 Å². The smallest absolute Gasteiger partial charge is 0.334 e. The number of imidazole rings is 1. The zero-order valence-corrected chi connectivity index (χ0v) is 19.3. The number of hydrogen-bond acceptors (Lipinski definition) is 6. The number of fused-ring (bicyclic) bond motifs is 1. The van der Waals surface area contributed by atoms with Gasteiger partial charge in [-0.3, -0.25) is 14.2 Å². The summed E-state index contributed by atoms with van der Waals surface area (Å²) in [5.41, 5.74) is -0.934. The molecule has 0 saturated carbocycles. The summed E-state index contributed by atoms with van der Waals surface area (Å²) in [5.74, 6) is 8.37. The molecular formula is C24H26N4O5. The number of methoxy groups -OCH3 is 2. The quantitative estimate of drug-likeness (QED) is 0.604. The molecule has 172 valence electrons. The highest BCUT2D eigenvalue weighted by Gasteiger charge is 2.32. The predicted molar refractivity (Wildman–Crippen MR) is 124 cm³/mol. The minimum Gasteiger partial charge on any atom is -0.374 e. The Balaban J connectivity index is 2.17. The number of hydrogen-bond donors (Lipinski definition) is 0. The van der Waals surface area contributed by atoms with E-state index in [4.69, 9.17) is 15.9 Å². The van der Waals surface area contributed by atoms with Crippen molar-refractivity contribution >= 4 is 16.9 Å². The van der Waals surface area contributed by atoms with E-state index in [0.717, 1.165) is 4.57 Å². The topological polar surface area (TPSA) is 97.3 Å². The van der Waals surface area contributed by atoms with Gasteiger partial charge in [0.15, 0.2) is 22.8 Å². The first-order chi connectivity index (χ1) is 15.7. The number of carbonyl (C=O) groups excluding carboxylic acids is 1. The first-order valence-corrected chi connectivity index (χ1v) is 10.4. The Morgan fingerprint density at radius 2 is 2.00 bits per heavy atom. The van der Waals surface area contributed by atoms with Crippen molar-refractivity contribution in [2.75, 3.05) is 14.2 Å². The fourth-order valence-electron chi connectivity index (χ4n) is 3.57. The molecule has 0 aliphatic heterocycles. The van der Waals surface area contributed by atoms with Gasteiger partial charge in [0.05, 0.1) is 13.1 Å². The monoisotopic (exact) mass is 450 g/mol. The van der Waals surface area contributed by atoms with Gasteiger partial charge in [-0.25, -0.2) is 14.3 Å². The maximum atomic E-state index is 13.0. The van der Waals surface area contributed by atoms with E-state index in [2.05, 4.69) is 22.7 Å². The number of carbonyl (C=O) groups is 1. The van der Waals surface area contributed by atoms with Crippen molar-refractivity contribution in [1.82, 2.24) is 18.7 Å². The standard InChI is InChI=1S/C24H26N4O5/c1-7-13-27-22(30)20-21(28(23(27)31)15-17(29)8-2)25-19(26(20)4)10-9-16-11-12-24(3,33-6)18(14-16)32-5/h1,11-12,14,18H,8,13,15H2,2-6H3.